The van der Waals surface area contributed by atoms with Gasteiger partial charge in [0.2, 0.25) is 0 Å². The van der Waals surface area contributed by atoms with E-state index >= 15 is 0 Å². The number of aryl methyl sites for hydroxylation is 2. The molecular formula is C10H13N3. The lowest BCUT2D eigenvalue weighted by Gasteiger charge is -1.98. The predicted octanol–water partition coefficient (Wildman–Crippen LogP) is 2.15. The maximum absolute atomic E-state index is 4.09. The Hall–Kier alpha value is -1.38. The third-order valence-corrected chi connectivity index (χ3v) is 2.10. The largest absolute Gasteiger partial charge is 0.245 e. The normalized spacial score (nSPS) is 10.9. The van der Waals surface area contributed by atoms with Gasteiger partial charge >= 0.3 is 0 Å². The predicted molar refractivity (Wildman–Crippen MR) is 52.6 cm³/mol. The monoisotopic (exact) mass is 175 g/mol. The summed E-state index contributed by atoms with van der Waals surface area (Å²) in [5.74, 6) is 0. The fraction of sp³-hybridized carbons (Fsp3) is 0.400. The average Bonchev–Trinajstić information content (AvgIpc) is 2.49. The van der Waals surface area contributed by atoms with Crippen LogP contribution in [-0.4, -0.2) is 15.0 Å². The quantitative estimate of drug-likeness (QED) is 0.700. The molecule has 0 unspecified atom stereocenters. The van der Waals surface area contributed by atoms with Crippen molar-refractivity contribution in [2.24, 2.45) is 0 Å². The summed E-state index contributed by atoms with van der Waals surface area (Å²) in [6, 6.07) is 6.21. The van der Waals surface area contributed by atoms with Gasteiger partial charge in [0.15, 0.2) is 0 Å². The van der Waals surface area contributed by atoms with Crippen LogP contribution in [0.2, 0.25) is 0 Å². The molecule has 2 rings (SSSR count). The van der Waals surface area contributed by atoms with Crippen LogP contribution in [0.3, 0.4) is 0 Å². The van der Waals surface area contributed by atoms with Crippen molar-refractivity contribution in [1.29, 1.82) is 0 Å². The highest BCUT2D eigenvalue weighted by Crippen LogP contribution is 2.12. The van der Waals surface area contributed by atoms with Gasteiger partial charge in [-0.2, -0.15) is 0 Å². The lowest BCUT2D eigenvalue weighted by Crippen LogP contribution is -1.98. The van der Waals surface area contributed by atoms with Crippen molar-refractivity contribution in [3.8, 4) is 0 Å². The summed E-state index contributed by atoms with van der Waals surface area (Å²) in [6.45, 7) is 5.17. The molecular weight excluding hydrogens is 162 g/mol. The molecule has 0 N–H and O–H groups in total. The maximum Gasteiger partial charge on any atom is 0.113 e. The van der Waals surface area contributed by atoms with Crippen LogP contribution in [0.1, 0.15) is 18.9 Å². The van der Waals surface area contributed by atoms with Crippen LogP contribution in [0.15, 0.2) is 18.2 Å². The van der Waals surface area contributed by atoms with Crippen LogP contribution < -0.4 is 0 Å². The Bertz CT molecular complexity index is 417. The molecule has 0 fully saturated rings. The fourth-order valence-electron chi connectivity index (χ4n) is 1.45. The first-order chi connectivity index (χ1) is 6.31. The van der Waals surface area contributed by atoms with E-state index in [0.717, 1.165) is 24.0 Å². The Kier molecular flexibility index (Phi) is 2.00. The number of benzene rings is 1. The Labute approximate surface area is 77.4 Å². The summed E-state index contributed by atoms with van der Waals surface area (Å²) in [7, 11) is 0. The molecule has 0 radical (unpaired) electrons. The highest BCUT2D eigenvalue weighted by atomic mass is 15.4. The van der Waals surface area contributed by atoms with E-state index in [1.54, 1.807) is 0 Å². The van der Waals surface area contributed by atoms with E-state index in [4.69, 9.17) is 0 Å². The van der Waals surface area contributed by atoms with Crippen molar-refractivity contribution < 1.29 is 0 Å². The van der Waals surface area contributed by atoms with Crippen LogP contribution >= 0.6 is 0 Å². The van der Waals surface area contributed by atoms with Crippen LogP contribution in [0.25, 0.3) is 11.0 Å². The van der Waals surface area contributed by atoms with E-state index in [2.05, 4.69) is 36.3 Å². The van der Waals surface area contributed by atoms with Gasteiger partial charge < -0.3 is 0 Å². The van der Waals surface area contributed by atoms with Gasteiger partial charge in [-0.05, 0) is 31.0 Å². The molecule has 0 spiro atoms. The van der Waals surface area contributed by atoms with Crippen molar-refractivity contribution in [2.75, 3.05) is 0 Å². The van der Waals surface area contributed by atoms with E-state index in [0.29, 0.717) is 0 Å². The molecule has 3 heteroatoms. The number of nitrogens with zero attached hydrogens (tertiary/aromatic N) is 3. The van der Waals surface area contributed by atoms with Gasteiger partial charge in [0.25, 0.3) is 0 Å². The summed E-state index contributed by atoms with van der Waals surface area (Å²) in [5, 5.41) is 8.18. The lowest BCUT2D eigenvalue weighted by molar-refractivity contribution is 0.595. The molecule has 0 bridgehead atoms. The van der Waals surface area contributed by atoms with Gasteiger partial charge in [-0.3, -0.25) is 0 Å². The van der Waals surface area contributed by atoms with E-state index in [9.17, 15) is 0 Å². The molecule has 3 nitrogen and oxygen atoms in total. The van der Waals surface area contributed by atoms with Gasteiger partial charge in [0, 0.05) is 6.54 Å². The molecule has 0 saturated carbocycles. The molecule has 0 atom stereocenters. The van der Waals surface area contributed by atoms with E-state index in [1.165, 1.54) is 5.56 Å². The van der Waals surface area contributed by atoms with Crippen LogP contribution in [0.4, 0.5) is 0 Å². The molecule has 68 valence electrons. The summed E-state index contributed by atoms with van der Waals surface area (Å²) < 4.78 is 1.96. The number of rotatable bonds is 2. The van der Waals surface area contributed by atoms with Crippen molar-refractivity contribution in [1.82, 2.24) is 15.0 Å². The van der Waals surface area contributed by atoms with Gasteiger partial charge in [-0.1, -0.05) is 18.2 Å². The third-order valence-electron chi connectivity index (χ3n) is 2.10. The number of hydrogen-bond donors (Lipinski definition) is 0. The zero-order valence-electron chi connectivity index (χ0n) is 7.99. The maximum atomic E-state index is 4.09. The van der Waals surface area contributed by atoms with Crippen LogP contribution in [-0.2, 0) is 6.54 Å². The Balaban J connectivity index is 2.58. The first kappa shape index (κ1) is 8.23. The molecule has 0 saturated heterocycles. The zero-order chi connectivity index (χ0) is 9.26. The second-order valence-electron chi connectivity index (χ2n) is 3.30. The molecule has 1 aromatic carbocycles. The highest BCUT2D eigenvalue weighted by molar-refractivity contribution is 5.74. The SMILES string of the molecule is CCCn1nnc2ccc(C)cc21. The molecule has 0 aliphatic heterocycles. The van der Waals surface area contributed by atoms with Crippen LogP contribution in [0, 0.1) is 6.92 Å². The van der Waals surface area contributed by atoms with Gasteiger partial charge in [-0.25, -0.2) is 4.68 Å². The zero-order valence-corrected chi connectivity index (χ0v) is 7.99. The van der Waals surface area contributed by atoms with Crippen molar-refractivity contribution in [3.63, 3.8) is 0 Å². The number of fused-ring (bicyclic) bond motifs is 1. The van der Waals surface area contributed by atoms with Crippen LogP contribution in [0.5, 0.6) is 0 Å². The Morgan fingerprint density at radius 2 is 2.23 bits per heavy atom. The topological polar surface area (TPSA) is 30.7 Å². The first-order valence-electron chi connectivity index (χ1n) is 4.61. The first-order valence-corrected chi connectivity index (χ1v) is 4.61. The molecule has 0 aliphatic rings. The second-order valence-corrected chi connectivity index (χ2v) is 3.30. The van der Waals surface area contributed by atoms with Gasteiger partial charge in [-0.15, -0.1) is 5.10 Å². The molecule has 1 heterocycles. The smallest absolute Gasteiger partial charge is 0.113 e. The van der Waals surface area contributed by atoms with Crippen molar-refractivity contribution in [3.05, 3.63) is 23.8 Å². The van der Waals surface area contributed by atoms with E-state index in [-0.39, 0.29) is 0 Å². The molecule has 0 aliphatic carbocycles. The molecule has 0 amide bonds. The summed E-state index contributed by atoms with van der Waals surface area (Å²) in [4.78, 5) is 0. The summed E-state index contributed by atoms with van der Waals surface area (Å²) >= 11 is 0. The van der Waals surface area contributed by atoms with Gasteiger partial charge in [0.05, 0.1) is 5.52 Å². The lowest BCUT2D eigenvalue weighted by atomic mass is 10.2. The fourth-order valence-corrected chi connectivity index (χ4v) is 1.45. The van der Waals surface area contributed by atoms with E-state index in [1.807, 2.05) is 10.7 Å². The minimum absolute atomic E-state index is 0.944. The minimum atomic E-state index is 0.944. The number of hydrogen-bond acceptors (Lipinski definition) is 2. The minimum Gasteiger partial charge on any atom is -0.245 e. The number of aromatic nitrogens is 3. The third kappa shape index (κ3) is 1.41. The molecule has 2 aromatic rings. The van der Waals surface area contributed by atoms with Crippen molar-refractivity contribution in [2.45, 2.75) is 26.8 Å². The summed E-state index contributed by atoms with van der Waals surface area (Å²) in [6.07, 6.45) is 1.09. The molecule has 1 aromatic heterocycles. The second kappa shape index (κ2) is 3.17. The summed E-state index contributed by atoms with van der Waals surface area (Å²) in [5.41, 5.74) is 3.38. The van der Waals surface area contributed by atoms with Gasteiger partial charge in [0.1, 0.15) is 5.52 Å². The standard InChI is InChI=1S/C10H13N3/c1-3-6-13-10-7-8(2)4-5-9(10)11-12-13/h4-5,7H,3,6H2,1-2H3. The average molecular weight is 175 g/mol. The van der Waals surface area contributed by atoms with E-state index < -0.39 is 0 Å². The molecule has 13 heavy (non-hydrogen) atoms. The Morgan fingerprint density at radius 1 is 1.38 bits per heavy atom. The highest BCUT2D eigenvalue weighted by Gasteiger charge is 2.02. The Morgan fingerprint density at radius 3 is 3.00 bits per heavy atom. The van der Waals surface area contributed by atoms with Crippen molar-refractivity contribution >= 4 is 11.0 Å².